The fourth-order valence-corrected chi connectivity index (χ4v) is 3.85. The molecule has 0 bridgehead atoms. The quantitative estimate of drug-likeness (QED) is 0.662. The first kappa shape index (κ1) is 16.4. The SMILES string of the molecule is Cc1ncn(C2CCN(Cc3ccccc3)C2)c1-c1ccc(Cl)cc1. The third-order valence-corrected chi connectivity index (χ3v) is 5.24. The largest absolute Gasteiger partial charge is 0.326 e. The number of halogens is 1. The smallest absolute Gasteiger partial charge is 0.0957 e. The first-order valence-corrected chi connectivity index (χ1v) is 9.14. The van der Waals surface area contributed by atoms with E-state index in [2.05, 4.69) is 63.8 Å². The number of rotatable bonds is 4. The summed E-state index contributed by atoms with van der Waals surface area (Å²) in [6.45, 7) is 5.28. The van der Waals surface area contributed by atoms with Gasteiger partial charge in [0.25, 0.3) is 0 Å². The van der Waals surface area contributed by atoms with E-state index in [9.17, 15) is 0 Å². The molecule has 3 aromatic rings. The van der Waals surface area contributed by atoms with Gasteiger partial charge < -0.3 is 4.57 Å². The molecule has 3 nitrogen and oxygen atoms in total. The standard InChI is InChI=1S/C21H22ClN3/c1-16-21(18-7-9-19(22)10-8-18)25(15-23-16)20-11-12-24(14-20)13-17-5-3-2-4-6-17/h2-10,15,20H,11-14H2,1H3. The summed E-state index contributed by atoms with van der Waals surface area (Å²) in [5, 5.41) is 0.766. The minimum Gasteiger partial charge on any atom is -0.326 e. The highest BCUT2D eigenvalue weighted by Gasteiger charge is 2.26. The molecule has 0 spiro atoms. The van der Waals surface area contributed by atoms with Crippen molar-refractivity contribution >= 4 is 11.6 Å². The van der Waals surface area contributed by atoms with E-state index in [0.717, 1.165) is 36.8 Å². The number of aryl methyl sites for hydroxylation is 1. The van der Waals surface area contributed by atoms with Gasteiger partial charge in [-0.3, -0.25) is 4.90 Å². The predicted molar refractivity (Wildman–Crippen MR) is 103 cm³/mol. The molecule has 4 heteroatoms. The minimum atomic E-state index is 0.468. The Morgan fingerprint density at radius 1 is 1.08 bits per heavy atom. The second kappa shape index (κ2) is 7.03. The number of imidazole rings is 1. The third-order valence-electron chi connectivity index (χ3n) is 4.98. The fourth-order valence-electron chi connectivity index (χ4n) is 3.72. The highest BCUT2D eigenvalue weighted by atomic mass is 35.5. The van der Waals surface area contributed by atoms with Gasteiger partial charge in [0.2, 0.25) is 0 Å². The zero-order valence-electron chi connectivity index (χ0n) is 14.4. The molecule has 0 radical (unpaired) electrons. The lowest BCUT2D eigenvalue weighted by Crippen LogP contribution is -2.21. The number of hydrogen-bond donors (Lipinski definition) is 0. The number of likely N-dealkylation sites (tertiary alicyclic amines) is 1. The zero-order valence-corrected chi connectivity index (χ0v) is 15.2. The normalized spacial score (nSPS) is 17.9. The van der Waals surface area contributed by atoms with Crippen LogP contribution in [0.2, 0.25) is 5.02 Å². The van der Waals surface area contributed by atoms with Gasteiger partial charge in [-0.2, -0.15) is 0 Å². The summed E-state index contributed by atoms with van der Waals surface area (Å²) in [6, 6.07) is 19.2. The lowest BCUT2D eigenvalue weighted by Gasteiger charge is -2.19. The van der Waals surface area contributed by atoms with E-state index >= 15 is 0 Å². The van der Waals surface area contributed by atoms with Crippen LogP contribution in [0.15, 0.2) is 60.9 Å². The average molecular weight is 352 g/mol. The van der Waals surface area contributed by atoms with E-state index in [0.29, 0.717) is 6.04 Å². The van der Waals surface area contributed by atoms with E-state index in [1.165, 1.54) is 16.8 Å². The molecule has 1 fully saturated rings. The molecule has 1 aliphatic rings. The van der Waals surface area contributed by atoms with Crippen molar-refractivity contribution in [3.05, 3.63) is 77.2 Å². The zero-order chi connectivity index (χ0) is 17.2. The maximum atomic E-state index is 6.05. The molecule has 1 unspecified atom stereocenters. The van der Waals surface area contributed by atoms with Crippen LogP contribution in [0.25, 0.3) is 11.3 Å². The molecule has 2 aromatic carbocycles. The number of nitrogens with zero attached hydrogens (tertiary/aromatic N) is 3. The van der Waals surface area contributed by atoms with E-state index in [-0.39, 0.29) is 0 Å². The van der Waals surface area contributed by atoms with Gasteiger partial charge in [-0.25, -0.2) is 4.98 Å². The fraction of sp³-hybridized carbons (Fsp3) is 0.286. The van der Waals surface area contributed by atoms with Gasteiger partial charge in [-0.15, -0.1) is 0 Å². The number of benzene rings is 2. The molecule has 128 valence electrons. The molecule has 1 atom stereocenters. The first-order chi connectivity index (χ1) is 12.2. The van der Waals surface area contributed by atoms with Crippen molar-refractivity contribution < 1.29 is 0 Å². The molecule has 0 saturated carbocycles. The van der Waals surface area contributed by atoms with Gasteiger partial charge in [-0.1, -0.05) is 54.1 Å². The molecule has 1 saturated heterocycles. The molecular weight excluding hydrogens is 330 g/mol. The van der Waals surface area contributed by atoms with Crippen molar-refractivity contribution in [2.24, 2.45) is 0 Å². The second-order valence-corrected chi connectivity index (χ2v) is 7.19. The number of hydrogen-bond acceptors (Lipinski definition) is 2. The predicted octanol–water partition coefficient (Wildman–Crippen LogP) is 4.96. The topological polar surface area (TPSA) is 21.1 Å². The van der Waals surface area contributed by atoms with Crippen molar-refractivity contribution in [2.75, 3.05) is 13.1 Å². The van der Waals surface area contributed by atoms with Gasteiger partial charge in [0.1, 0.15) is 0 Å². The van der Waals surface area contributed by atoms with E-state index in [1.54, 1.807) is 0 Å². The Balaban J connectivity index is 1.54. The van der Waals surface area contributed by atoms with Crippen LogP contribution in [-0.4, -0.2) is 27.5 Å². The Labute approximate surface area is 153 Å². The van der Waals surface area contributed by atoms with Crippen molar-refractivity contribution in [3.63, 3.8) is 0 Å². The van der Waals surface area contributed by atoms with Gasteiger partial charge in [-0.05, 0) is 31.0 Å². The Bertz CT molecular complexity index is 839. The lowest BCUT2D eigenvalue weighted by atomic mass is 10.1. The van der Waals surface area contributed by atoms with Gasteiger partial charge >= 0.3 is 0 Å². The summed E-state index contributed by atoms with van der Waals surface area (Å²) >= 11 is 6.05. The summed E-state index contributed by atoms with van der Waals surface area (Å²) in [5.41, 5.74) is 4.84. The average Bonchev–Trinajstić information content (AvgIpc) is 3.23. The minimum absolute atomic E-state index is 0.468. The summed E-state index contributed by atoms with van der Waals surface area (Å²) in [6.07, 6.45) is 3.15. The van der Waals surface area contributed by atoms with Crippen LogP contribution < -0.4 is 0 Å². The van der Waals surface area contributed by atoms with Gasteiger partial charge in [0.05, 0.1) is 17.7 Å². The third kappa shape index (κ3) is 3.48. The van der Waals surface area contributed by atoms with Gasteiger partial charge in [0.15, 0.2) is 0 Å². The van der Waals surface area contributed by atoms with E-state index < -0.39 is 0 Å². The number of aromatic nitrogens is 2. The second-order valence-electron chi connectivity index (χ2n) is 6.76. The molecule has 1 aromatic heterocycles. The monoisotopic (exact) mass is 351 g/mol. The Kier molecular flexibility index (Phi) is 4.60. The molecular formula is C21H22ClN3. The molecule has 1 aliphatic heterocycles. The maximum Gasteiger partial charge on any atom is 0.0957 e. The van der Waals surface area contributed by atoms with Crippen LogP contribution in [0, 0.1) is 6.92 Å². The Morgan fingerprint density at radius 3 is 2.60 bits per heavy atom. The Morgan fingerprint density at radius 2 is 1.84 bits per heavy atom. The van der Waals surface area contributed by atoms with Crippen LogP contribution in [0.3, 0.4) is 0 Å². The molecule has 0 aliphatic carbocycles. The van der Waals surface area contributed by atoms with Crippen LogP contribution in [0.4, 0.5) is 0 Å². The molecule has 25 heavy (non-hydrogen) atoms. The Hall–Kier alpha value is -2.10. The van der Waals surface area contributed by atoms with Crippen molar-refractivity contribution in [2.45, 2.75) is 25.9 Å². The van der Waals surface area contributed by atoms with Crippen molar-refractivity contribution in [1.29, 1.82) is 0 Å². The summed E-state index contributed by atoms with van der Waals surface area (Å²) in [4.78, 5) is 7.11. The van der Waals surface area contributed by atoms with Crippen molar-refractivity contribution in [1.82, 2.24) is 14.5 Å². The molecule has 0 amide bonds. The summed E-state index contributed by atoms with van der Waals surface area (Å²) in [5.74, 6) is 0. The van der Waals surface area contributed by atoms with E-state index in [4.69, 9.17) is 11.6 Å². The first-order valence-electron chi connectivity index (χ1n) is 8.76. The van der Waals surface area contributed by atoms with Crippen LogP contribution in [-0.2, 0) is 6.54 Å². The van der Waals surface area contributed by atoms with Crippen LogP contribution in [0.5, 0.6) is 0 Å². The van der Waals surface area contributed by atoms with Gasteiger partial charge in [0, 0.05) is 36.3 Å². The highest BCUT2D eigenvalue weighted by Crippen LogP contribution is 2.31. The van der Waals surface area contributed by atoms with Crippen LogP contribution >= 0.6 is 11.6 Å². The highest BCUT2D eigenvalue weighted by molar-refractivity contribution is 6.30. The summed E-state index contributed by atoms with van der Waals surface area (Å²) < 4.78 is 2.35. The lowest BCUT2D eigenvalue weighted by molar-refractivity contribution is 0.316. The molecule has 0 N–H and O–H groups in total. The van der Waals surface area contributed by atoms with Crippen molar-refractivity contribution in [3.8, 4) is 11.3 Å². The summed E-state index contributed by atoms with van der Waals surface area (Å²) in [7, 11) is 0. The molecule has 2 heterocycles. The van der Waals surface area contributed by atoms with Crippen LogP contribution in [0.1, 0.15) is 23.7 Å². The maximum absolute atomic E-state index is 6.05. The molecule has 4 rings (SSSR count). The van der Waals surface area contributed by atoms with E-state index in [1.807, 2.05) is 18.5 Å².